The topological polar surface area (TPSA) is 37.3 Å². The van der Waals surface area contributed by atoms with E-state index in [4.69, 9.17) is 5.11 Å². The largest absolute Gasteiger partial charge is 0.396 e. The van der Waals surface area contributed by atoms with E-state index in [1.807, 2.05) is 0 Å². The van der Waals surface area contributed by atoms with E-state index in [0.717, 1.165) is 44.1 Å². The summed E-state index contributed by atoms with van der Waals surface area (Å²) < 4.78 is 0. The Kier molecular flexibility index (Phi) is 4.16. The fourth-order valence-electron chi connectivity index (χ4n) is 1.78. The summed E-state index contributed by atoms with van der Waals surface area (Å²) in [5, 5.41) is 8.58. The summed E-state index contributed by atoms with van der Waals surface area (Å²) in [5.74, 6) is 0.349. The van der Waals surface area contributed by atoms with Crippen molar-refractivity contribution in [3.05, 3.63) is 11.1 Å². The van der Waals surface area contributed by atoms with E-state index in [1.165, 1.54) is 5.57 Å². The maximum Gasteiger partial charge on any atom is 0.159 e. The molecular formula is C11H18O2. The average Bonchev–Trinajstić information content (AvgIpc) is 2.42. The lowest BCUT2D eigenvalue weighted by Crippen LogP contribution is -1.96. The van der Waals surface area contributed by atoms with E-state index in [-0.39, 0.29) is 6.61 Å². The Labute approximate surface area is 79.6 Å². The summed E-state index contributed by atoms with van der Waals surface area (Å²) in [7, 11) is 0. The van der Waals surface area contributed by atoms with Crippen LogP contribution in [0.4, 0.5) is 0 Å². The number of unbranched alkanes of at least 4 members (excludes halogenated alkanes) is 2. The maximum absolute atomic E-state index is 11.3. The van der Waals surface area contributed by atoms with Gasteiger partial charge in [0, 0.05) is 13.0 Å². The number of aliphatic hydroxyl groups is 1. The van der Waals surface area contributed by atoms with Crippen LogP contribution in [0.15, 0.2) is 11.1 Å². The van der Waals surface area contributed by atoms with Gasteiger partial charge in [0.15, 0.2) is 5.78 Å². The van der Waals surface area contributed by atoms with Gasteiger partial charge in [-0.2, -0.15) is 0 Å². The summed E-state index contributed by atoms with van der Waals surface area (Å²) in [4.78, 5) is 11.3. The van der Waals surface area contributed by atoms with Crippen molar-refractivity contribution in [1.29, 1.82) is 0 Å². The smallest absolute Gasteiger partial charge is 0.159 e. The average molecular weight is 182 g/mol. The summed E-state index contributed by atoms with van der Waals surface area (Å²) in [5.41, 5.74) is 2.35. The number of aliphatic hydroxyl groups excluding tert-OH is 1. The van der Waals surface area contributed by atoms with Crippen LogP contribution in [0.5, 0.6) is 0 Å². The van der Waals surface area contributed by atoms with Crippen LogP contribution in [-0.4, -0.2) is 17.5 Å². The number of hydrogen-bond acceptors (Lipinski definition) is 2. The molecule has 0 aliphatic heterocycles. The molecule has 0 aromatic rings. The zero-order chi connectivity index (χ0) is 9.68. The van der Waals surface area contributed by atoms with Crippen molar-refractivity contribution in [3.8, 4) is 0 Å². The monoisotopic (exact) mass is 182 g/mol. The fraction of sp³-hybridized carbons (Fsp3) is 0.727. The summed E-state index contributed by atoms with van der Waals surface area (Å²) in [6, 6.07) is 0. The van der Waals surface area contributed by atoms with E-state index in [2.05, 4.69) is 6.92 Å². The Hall–Kier alpha value is -0.630. The number of Topliss-reactive ketones (excluding diaryl/α,β-unsaturated/α-hetero) is 1. The van der Waals surface area contributed by atoms with Gasteiger partial charge in [-0.05, 0) is 38.2 Å². The number of carbonyl (C=O) groups is 1. The van der Waals surface area contributed by atoms with Crippen LogP contribution in [-0.2, 0) is 4.79 Å². The highest BCUT2D eigenvalue weighted by Crippen LogP contribution is 2.26. The van der Waals surface area contributed by atoms with Gasteiger partial charge in [-0.3, -0.25) is 4.79 Å². The predicted molar refractivity (Wildman–Crippen MR) is 52.5 cm³/mol. The molecule has 0 amide bonds. The third-order valence-corrected chi connectivity index (χ3v) is 2.66. The number of allylic oxidation sites excluding steroid dienone is 2. The molecule has 2 heteroatoms. The van der Waals surface area contributed by atoms with E-state index in [1.54, 1.807) is 0 Å². The quantitative estimate of drug-likeness (QED) is 0.662. The molecular weight excluding hydrogens is 164 g/mol. The van der Waals surface area contributed by atoms with Crippen LogP contribution in [0, 0.1) is 0 Å². The Morgan fingerprint density at radius 2 is 2.00 bits per heavy atom. The zero-order valence-electron chi connectivity index (χ0n) is 8.31. The van der Waals surface area contributed by atoms with Crippen LogP contribution in [0.3, 0.4) is 0 Å². The second-order valence-electron chi connectivity index (χ2n) is 3.72. The van der Waals surface area contributed by atoms with Gasteiger partial charge in [-0.25, -0.2) is 0 Å². The summed E-state index contributed by atoms with van der Waals surface area (Å²) >= 11 is 0. The van der Waals surface area contributed by atoms with Crippen molar-refractivity contribution >= 4 is 5.78 Å². The van der Waals surface area contributed by atoms with Gasteiger partial charge < -0.3 is 5.11 Å². The molecule has 74 valence electrons. The van der Waals surface area contributed by atoms with Crippen molar-refractivity contribution in [2.75, 3.05) is 6.61 Å². The second kappa shape index (κ2) is 5.18. The SMILES string of the molecule is CC1=C(CCCCCO)C(=O)CC1. The van der Waals surface area contributed by atoms with Gasteiger partial charge in [0.1, 0.15) is 0 Å². The predicted octanol–water partition coefficient (Wildman–Crippen LogP) is 2.22. The van der Waals surface area contributed by atoms with Crippen LogP contribution in [0.2, 0.25) is 0 Å². The Balaban J connectivity index is 2.27. The van der Waals surface area contributed by atoms with E-state index < -0.39 is 0 Å². The number of hydrogen-bond donors (Lipinski definition) is 1. The molecule has 0 spiro atoms. The number of rotatable bonds is 5. The minimum atomic E-state index is 0.270. The standard InChI is InChI=1S/C11H18O2/c1-9-6-7-11(13)10(9)5-3-2-4-8-12/h12H,2-8H2,1H3. The Morgan fingerprint density at radius 1 is 1.23 bits per heavy atom. The minimum Gasteiger partial charge on any atom is -0.396 e. The molecule has 1 aliphatic carbocycles. The third-order valence-electron chi connectivity index (χ3n) is 2.66. The van der Waals surface area contributed by atoms with Crippen molar-refractivity contribution in [2.45, 2.75) is 45.4 Å². The second-order valence-corrected chi connectivity index (χ2v) is 3.72. The van der Waals surface area contributed by atoms with Crippen molar-refractivity contribution in [3.63, 3.8) is 0 Å². The molecule has 0 atom stereocenters. The fourth-order valence-corrected chi connectivity index (χ4v) is 1.78. The van der Waals surface area contributed by atoms with Crippen LogP contribution in [0.25, 0.3) is 0 Å². The molecule has 0 unspecified atom stereocenters. The zero-order valence-corrected chi connectivity index (χ0v) is 8.31. The first-order valence-electron chi connectivity index (χ1n) is 5.08. The molecule has 0 aromatic carbocycles. The van der Waals surface area contributed by atoms with Crippen molar-refractivity contribution in [2.24, 2.45) is 0 Å². The van der Waals surface area contributed by atoms with E-state index in [0.29, 0.717) is 5.78 Å². The first-order chi connectivity index (χ1) is 6.25. The first kappa shape index (κ1) is 10.5. The lowest BCUT2D eigenvalue weighted by molar-refractivity contribution is -0.115. The molecule has 2 nitrogen and oxygen atoms in total. The Morgan fingerprint density at radius 3 is 2.54 bits per heavy atom. The summed E-state index contributed by atoms with van der Waals surface area (Å²) in [6.07, 6.45) is 5.54. The lowest BCUT2D eigenvalue weighted by atomic mass is 10.0. The van der Waals surface area contributed by atoms with Gasteiger partial charge in [-0.15, -0.1) is 0 Å². The molecule has 0 aromatic heterocycles. The first-order valence-corrected chi connectivity index (χ1v) is 5.08. The normalized spacial score (nSPS) is 17.2. The highest BCUT2D eigenvalue weighted by molar-refractivity contribution is 5.98. The van der Waals surface area contributed by atoms with Crippen molar-refractivity contribution < 1.29 is 9.90 Å². The minimum absolute atomic E-state index is 0.270. The van der Waals surface area contributed by atoms with Gasteiger partial charge in [-0.1, -0.05) is 12.0 Å². The van der Waals surface area contributed by atoms with Crippen LogP contribution in [0.1, 0.15) is 45.4 Å². The molecule has 0 bridgehead atoms. The molecule has 13 heavy (non-hydrogen) atoms. The van der Waals surface area contributed by atoms with Crippen LogP contribution >= 0.6 is 0 Å². The highest BCUT2D eigenvalue weighted by atomic mass is 16.2. The van der Waals surface area contributed by atoms with Crippen molar-refractivity contribution in [1.82, 2.24) is 0 Å². The molecule has 1 aliphatic rings. The molecule has 1 N–H and O–H groups in total. The van der Waals surface area contributed by atoms with E-state index in [9.17, 15) is 4.79 Å². The molecule has 1 rings (SSSR count). The Bertz CT molecular complexity index is 216. The third kappa shape index (κ3) is 2.96. The molecule has 0 fully saturated rings. The van der Waals surface area contributed by atoms with Crippen LogP contribution < -0.4 is 0 Å². The number of carbonyl (C=O) groups excluding carboxylic acids is 1. The maximum atomic E-state index is 11.3. The summed E-state index contributed by atoms with van der Waals surface area (Å²) in [6.45, 7) is 2.33. The number of ketones is 1. The van der Waals surface area contributed by atoms with E-state index >= 15 is 0 Å². The molecule has 0 radical (unpaired) electrons. The molecule has 0 heterocycles. The lowest BCUT2D eigenvalue weighted by Gasteiger charge is -2.01. The molecule has 0 saturated heterocycles. The van der Waals surface area contributed by atoms with Gasteiger partial charge in [0.05, 0.1) is 0 Å². The highest BCUT2D eigenvalue weighted by Gasteiger charge is 2.18. The molecule has 0 saturated carbocycles. The van der Waals surface area contributed by atoms with Gasteiger partial charge >= 0.3 is 0 Å². The van der Waals surface area contributed by atoms with Gasteiger partial charge in [0.25, 0.3) is 0 Å². The van der Waals surface area contributed by atoms with Gasteiger partial charge in [0.2, 0.25) is 0 Å².